The van der Waals surface area contributed by atoms with Crippen molar-refractivity contribution in [2.24, 2.45) is 0 Å². The zero-order valence-electron chi connectivity index (χ0n) is 19.4. The summed E-state index contributed by atoms with van der Waals surface area (Å²) in [7, 11) is 0. The maximum Gasteiger partial charge on any atom is -0.00156 e. The minimum atomic E-state index is 1.21. The highest BCUT2D eigenvalue weighted by atomic mass is 15.1. The van der Waals surface area contributed by atoms with E-state index >= 15 is 0 Å². The molecule has 0 N–H and O–H groups in total. The Kier molecular flexibility index (Phi) is 5.75. The fourth-order valence-corrected chi connectivity index (χ4v) is 6.51. The Morgan fingerprint density at radius 2 is 1.25 bits per heavy atom. The van der Waals surface area contributed by atoms with Gasteiger partial charge in [-0.05, 0) is 135 Å². The van der Waals surface area contributed by atoms with Crippen molar-refractivity contribution >= 4 is 10.8 Å². The van der Waals surface area contributed by atoms with Crippen LogP contribution in [0.1, 0.15) is 49.7 Å². The molecular formula is C30H36N2. The van der Waals surface area contributed by atoms with Gasteiger partial charge < -0.3 is 9.80 Å². The van der Waals surface area contributed by atoms with Gasteiger partial charge in [0.2, 0.25) is 0 Å². The van der Waals surface area contributed by atoms with Crippen LogP contribution in [0.15, 0.2) is 48.5 Å². The molecule has 6 rings (SSSR count). The molecule has 2 saturated heterocycles. The number of hydrogen-bond donors (Lipinski definition) is 0. The summed E-state index contributed by atoms with van der Waals surface area (Å²) >= 11 is 0. The van der Waals surface area contributed by atoms with E-state index in [-0.39, 0.29) is 0 Å². The van der Waals surface area contributed by atoms with E-state index in [1.54, 1.807) is 16.7 Å². The van der Waals surface area contributed by atoms with Crippen molar-refractivity contribution < 1.29 is 0 Å². The maximum atomic E-state index is 2.67. The summed E-state index contributed by atoms with van der Waals surface area (Å²) in [4.78, 5) is 5.34. The van der Waals surface area contributed by atoms with Crippen LogP contribution < -0.4 is 0 Å². The predicted octanol–water partition coefficient (Wildman–Crippen LogP) is 6.54. The molecule has 32 heavy (non-hydrogen) atoms. The van der Waals surface area contributed by atoms with E-state index < -0.39 is 0 Å². The number of likely N-dealkylation sites (tertiary alicyclic amines) is 2. The molecule has 2 heteroatoms. The summed E-state index contributed by atoms with van der Waals surface area (Å²) < 4.78 is 0. The van der Waals surface area contributed by atoms with E-state index in [2.05, 4.69) is 58.3 Å². The summed E-state index contributed by atoms with van der Waals surface area (Å²) in [6, 6.07) is 18.6. The minimum Gasteiger partial charge on any atom is -0.303 e. The average molecular weight is 425 g/mol. The van der Waals surface area contributed by atoms with Crippen LogP contribution in [-0.2, 0) is 12.8 Å². The Labute approximate surface area is 193 Å². The lowest BCUT2D eigenvalue weighted by molar-refractivity contribution is 0.332. The lowest BCUT2D eigenvalue weighted by Crippen LogP contribution is -2.21. The van der Waals surface area contributed by atoms with Gasteiger partial charge in [-0.3, -0.25) is 0 Å². The van der Waals surface area contributed by atoms with Gasteiger partial charge in [0.15, 0.2) is 0 Å². The molecule has 3 aromatic rings. The molecule has 0 unspecified atom stereocenters. The summed E-state index contributed by atoms with van der Waals surface area (Å²) in [5.41, 5.74) is 9.17. The smallest absolute Gasteiger partial charge is 0.00156 e. The quantitative estimate of drug-likeness (QED) is 0.317. The number of aryl methyl sites for hydroxylation is 1. The Bertz CT molecular complexity index is 1100. The van der Waals surface area contributed by atoms with E-state index in [1.165, 1.54) is 118 Å². The van der Waals surface area contributed by atoms with Crippen molar-refractivity contribution in [1.82, 2.24) is 9.80 Å². The minimum absolute atomic E-state index is 1.21. The summed E-state index contributed by atoms with van der Waals surface area (Å²) in [5.74, 6) is 0. The van der Waals surface area contributed by atoms with E-state index in [9.17, 15) is 0 Å². The fraction of sp³-hybridized carbons (Fsp3) is 0.467. The van der Waals surface area contributed by atoms with Gasteiger partial charge in [-0.2, -0.15) is 0 Å². The van der Waals surface area contributed by atoms with Crippen LogP contribution >= 0.6 is 0 Å². The van der Waals surface area contributed by atoms with E-state index in [0.717, 1.165) is 0 Å². The normalized spacial score (nSPS) is 18.1. The molecule has 2 fully saturated rings. The first-order chi connectivity index (χ1) is 15.9. The molecule has 2 nitrogen and oxygen atoms in total. The van der Waals surface area contributed by atoms with Crippen LogP contribution in [0.3, 0.4) is 0 Å². The molecule has 0 atom stereocenters. The second-order valence-corrected chi connectivity index (χ2v) is 10.1. The molecule has 2 aliphatic heterocycles. The zero-order chi connectivity index (χ0) is 21.3. The molecule has 0 saturated carbocycles. The number of nitrogens with zero attached hydrogens (tertiary/aromatic N) is 2. The van der Waals surface area contributed by atoms with Crippen LogP contribution in [-0.4, -0.2) is 49.1 Å². The number of rotatable bonds is 8. The fourth-order valence-electron chi connectivity index (χ4n) is 6.51. The molecule has 2 heterocycles. The van der Waals surface area contributed by atoms with Crippen LogP contribution in [0, 0.1) is 0 Å². The highest BCUT2D eigenvalue weighted by molar-refractivity contribution is 6.16. The third-order valence-corrected chi connectivity index (χ3v) is 8.07. The molecule has 0 radical (unpaired) electrons. The van der Waals surface area contributed by atoms with Crippen LogP contribution in [0.4, 0.5) is 0 Å². The first-order valence-corrected chi connectivity index (χ1v) is 13.0. The van der Waals surface area contributed by atoms with Gasteiger partial charge in [0, 0.05) is 0 Å². The second kappa shape index (κ2) is 9.00. The summed E-state index contributed by atoms with van der Waals surface area (Å²) in [6.07, 6.45) is 10.5. The summed E-state index contributed by atoms with van der Waals surface area (Å²) in [6.45, 7) is 7.75. The summed E-state index contributed by atoms with van der Waals surface area (Å²) in [5, 5.41) is 2.95. The molecular weight excluding hydrogens is 388 g/mol. The SMILES string of the molecule is c1ccc2c(c1)-c1cccc3cc(CCCN4CCCC4)c(CCCN4CCCC4)c-2c13. The van der Waals surface area contributed by atoms with Crippen molar-refractivity contribution in [3.05, 3.63) is 59.7 Å². The molecule has 1 aliphatic carbocycles. The van der Waals surface area contributed by atoms with Gasteiger partial charge in [0.05, 0.1) is 0 Å². The second-order valence-electron chi connectivity index (χ2n) is 10.1. The number of hydrogen-bond acceptors (Lipinski definition) is 2. The lowest BCUT2D eigenvalue weighted by atomic mass is 9.88. The highest BCUT2D eigenvalue weighted by Crippen LogP contribution is 2.49. The third kappa shape index (κ3) is 3.78. The molecule has 0 amide bonds. The average Bonchev–Trinajstić information content (AvgIpc) is 3.58. The van der Waals surface area contributed by atoms with Crippen molar-refractivity contribution in [1.29, 1.82) is 0 Å². The number of fused-ring (bicyclic) bond motifs is 3. The first kappa shape index (κ1) is 20.4. The maximum absolute atomic E-state index is 2.67. The molecule has 3 aliphatic rings. The van der Waals surface area contributed by atoms with Gasteiger partial charge >= 0.3 is 0 Å². The Morgan fingerprint density at radius 1 is 0.625 bits per heavy atom. The topological polar surface area (TPSA) is 6.48 Å². The Morgan fingerprint density at radius 3 is 1.97 bits per heavy atom. The van der Waals surface area contributed by atoms with Crippen LogP contribution in [0.25, 0.3) is 33.0 Å². The standard InChI is InChI=1S/C30H36N2/c1-2-13-28-26(12-1)27-14-7-10-24-22-23(11-8-20-31-16-3-4-17-31)25(30(28)29(24)27)15-9-21-32-18-5-6-19-32/h1-2,7,10,12-14,22H,3-6,8-9,11,15-21H2. The monoisotopic (exact) mass is 424 g/mol. The van der Waals surface area contributed by atoms with Crippen molar-refractivity contribution in [2.75, 3.05) is 39.3 Å². The van der Waals surface area contributed by atoms with Crippen molar-refractivity contribution in [2.45, 2.75) is 51.4 Å². The van der Waals surface area contributed by atoms with E-state index in [0.29, 0.717) is 0 Å². The molecule has 166 valence electrons. The van der Waals surface area contributed by atoms with E-state index in [1.807, 2.05) is 0 Å². The molecule has 0 bridgehead atoms. The van der Waals surface area contributed by atoms with Gasteiger partial charge in [0.1, 0.15) is 0 Å². The van der Waals surface area contributed by atoms with Gasteiger partial charge in [-0.25, -0.2) is 0 Å². The Hall–Kier alpha value is -2.16. The van der Waals surface area contributed by atoms with Gasteiger partial charge in [0.25, 0.3) is 0 Å². The lowest BCUT2D eigenvalue weighted by Gasteiger charge is -2.20. The van der Waals surface area contributed by atoms with Crippen molar-refractivity contribution in [3.63, 3.8) is 0 Å². The Balaban J connectivity index is 1.35. The predicted molar refractivity (Wildman–Crippen MR) is 136 cm³/mol. The van der Waals surface area contributed by atoms with Crippen LogP contribution in [0.2, 0.25) is 0 Å². The molecule has 3 aromatic carbocycles. The number of benzene rings is 3. The van der Waals surface area contributed by atoms with Gasteiger partial charge in [-0.15, -0.1) is 0 Å². The van der Waals surface area contributed by atoms with Gasteiger partial charge in [-0.1, -0.05) is 48.5 Å². The first-order valence-electron chi connectivity index (χ1n) is 13.0. The molecule has 0 aromatic heterocycles. The third-order valence-electron chi connectivity index (χ3n) is 8.07. The zero-order valence-corrected chi connectivity index (χ0v) is 19.4. The highest BCUT2D eigenvalue weighted by Gasteiger charge is 2.25. The molecule has 0 spiro atoms. The van der Waals surface area contributed by atoms with Crippen molar-refractivity contribution in [3.8, 4) is 22.3 Å². The van der Waals surface area contributed by atoms with E-state index in [4.69, 9.17) is 0 Å². The largest absolute Gasteiger partial charge is 0.303 e. The van der Waals surface area contributed by atoms with Crippen LogP contribution in [0.5, 0.6) is 0 Å².